The third-order valence-corrected chi connectivity index (χ3v) is 20.9. The number of hydrogen-bond acceptors (Lipinski definition) is 25. The summed E-state index contributed by atoms with van der Waals surface area (Å²) < 4.78 is 16.8. The number of carbonyl (C=O) groups is 8. The van der Waals surface area contributed by atoms with Crippen LogP contribution in [0.5, 0.6) is 0 Å². The summed E-state index contributed by atoms with van der Waals surface area (Å²) in [6.07, 6.45) is -3.20. The van der Waals surface area contributed by atoms with Crippen LogP contribution in [-0.2, 0) is 40.0 Å². The maximum absolute atomic E-state index is 14.4. The number of ether oxygens (including phenoxy) is 3. The molecule has 1 aliphatic heterocycles. The number of amides is 6. The molecule has 8 aromatic rings. The smallest absolute Gasteiger partial charge is 0.415 e. The first-order chi connectivity index (χ1) is 44.7. The van der Waals surface area contributed by atoms with Crippen molar-refractivity contribution in [3.63, 3.8) is 0 Å². The molecule has 6 amide bonds. The fraction of sp³-hybridized carbons (Fsp3) is 0.383. The second kappa shape index (κ2) is 30.1. The minimum absolute atomic E-state index is 0.0186. The molecule has 8 heterocycles. The van der Waals surface area contributed by atoms with Crippen LogP contribution in [0.3, 0.4) is 0 Å². The monoisotopic (exact) mass is 1380 g/mol. The van der Waals surface area contributed by atoms with Gasteiger partial charge in [-0.05, 0) is 56.2 Å². The number of carbonyl (C=O) groups excluding carboxylic acids is 6. The molecule has 1 saturated carbocycles. The summed E-state index contributed by atoms with van der Waals surface area (Å²) >= 11 is 6.89. The van der Waals surface area contributed by atoms with E-state index in [-0.39, 0.29) is 59.1 Å². The predicted octanol–water partition coefficient (Wildman–Crippen LogP) is 8.39. The van der Waals surface area contributed by atoms with E-state index in [0.717, 1.165) is 56.7 Å². The molecule has 27 nitrogen and oxygen atoms in total. The number of methoxy groups -OCH3 is 2. The van der Waals surface area contributed by atoms with Crippen LogP contribution in [0.25, 0.3) is 43.4 Å². The van der Waals surface area contributed by atoms with E-state index in [9.17, 15) is 53.7 Å². The number of aromatic nitrogens is 7. The highest BCUT2D eigenvalue weighted by atomic mass is 32.1. The standard InChI is InChI=1S/C60H63N13O14S6/c1-27(2)44-58-72-47(39(93-58)22-85-5)51(80)62-20-42(75)69-48(49(78)29-10-8-7-9-11-29)57-67-38(25-90-57)55-65-36(23-89-55)46-33(53-66-37(24-88-53)50(79)64-35(19-41(74)61-4)56-71-45(28(3)92-56)52(81)70-44)16-17-34(63-46)54-68-40(26-91-54)73(21-32(86-6)18-43(76)77)60(84)87-31-14-12-30(13-15-31)59(82)83/h7-11,16-17,23-27,30-32,35,44,48-49,78H,12-15,18-22H2,1-6H3,(H,61,74)(H,62,80)(H,64,79)(H,69,75)(H,70,81)(H,76,77)(H,82,83)/t30?,31?,32?,35-,44?,48-,49-/m0/s1. The maximum atomic E-state index is 14.4. The van der Waals surface area contributed by atoms with Gasteiger partial charge in [0.25, 0.3) is 17.7 Å². The average molecular weight is 1380 g/mol. The summed E-state index contributed by atoms with van der Waals surface area (Å²) in [6.45, 7) is 4.60. The first-order valence-corrected chi connectivity index (χ1v) is 34.2. The lowest BCUT2D eigenvalue weighted by Crippen LogP contribution is -2.42. The van der Waals surface area contributed by atoms with Crippen molar-refractivity contribution in [2.75, 3.05) is 39.3 Å². The minimum atomic E-state index is -1.32. The Morgan fingerprint density at radius 1 is 0.699 bits per heavy atom. The third kappa shape index (κ3) is 16.0. The highest BCUT2D eigenvalue weighted by Gasteiger charge is 2.35. The average Bonchev–Trinajstić information content (AvgIpc) is 1.69. The largest absolute Gasteiger partial charge is 0.481 e. The van der Waals surface area contributed by atoms with Crippen molar-refractivity contribution in [3.05, 3.63) is 111 Å². The van der Waals surface area contributed by atoms with Gasteiger partial charge in [0.2, 0.25) is 11.8 Å². The fourth-order valence-corrected chi connectivity index (χ4v) is 15.8. The number of carboxylic acid groups (broad SMARTS) is 2. The van der Waals surface area contributed by atoms with Gasteiger partial charge in [0.1, 0.15) is 88.3 Å². The van der Waals surface area contributed by atoms with Crippen LogP contribution in [0.2, 0.25) is 0 Å². The summed E-state index contributed by atoms with van der Waals surface area (Å²) in [4.78, 5) is 144. The number of fused-ring (bicyclic) bond motifs is 14. The Labute approximate surface area is 555 Å². The molecule has 2 aliphatic rings. The summed E-state index contributed by atoms with van der Waals surface area (Å²) in [5.74, 6) is -5.86. The number of carboxylic acids is 2. The molecule has 488 valence electrons. The van der Waals surface area contributed by atoms with Gasteiger partial charge in [0.05, 0.1) is 67.2 Å². The Bertz CT molecular complexity index is 4060. The number of nitrogens with one attached hydrogen (secondary N) is 5. The number of rotatable bonds is 16. The molecule has 8 N–H and O–H groups in total. The molecule has 0 radical (unpaired) electrons. The molecule has 2 unspecified atom stereocenters. The summed E-state index contributed by atoms with van der Waals surface area (Å²) in [7, 11) is 4.23. The number of anilines is 1. The Morgan fingerprint density at radius 3 is 2.11 bits per heavy atom. The number of aliphatic hydroxyl groups excluding tert-OH is 1. The summed E-state index contributed by atoms with van der Waals surface area (Å²) in [5, 5.41) is 53.9. The van der Waals surface area contributed by atoms with E-state index in [4.69, 9.17) is 49.1 Å². The number of aliphatic carboxylic acids is 2. The van der Waals surface area contributed by atoms with Crippen molar-refractivity contribution in [1.29, 1.82) is 0 Å². The van der Waals surface area contributed by atoms with Gasteiger partial charge in [-0.2, -0.15) is 0 Å². The van der Waals surface area contributed by atoms with E-state index in [2.05, 4.69) is 26.6 Å². The Kier molecular flexibility index (Phi) is 21.9. The quantitative estimate of drug-likeness (QED) is 0.0450. The van der Waals surface area contributed by atoms with Crippen molar-refractivity contribution in [2.45, 2.75) is 102 Å². The van der Waals surface area contributed by atoms with Crippen LogP contribution in [0.15, 0.2) is 64.0 Å². The highest BCUT2D eigenvalue weighted by molar-refractivity contribution is 7.15. The number of nitrogens with zero attached hydrogens (tertiary/aromatic N) is 8. The van der Waals surface area contributed by atoms with E-state index < -0.39 is 103 Å². The molecule has 10 bridgehead atoms. The van der Waals surface area contributed by atoms with E-state index in [1.54, 1.807) is 70.9 Å². The molecule has 0 spiro atoms. The zero-order chi connectivity index (χ0) is 66.2. The zero-order valence-corrected chi connectivity index (χ0v) is 55.6. The number of hydrogen-bond donors (Lipinski definition) is 8. The molecule has 1 fully saturated rings. The van der Waals surface area contributed by atoms with Crippen LogP contribution in [0.4, 0.5) is 10.6 Å². The van der Waals surface area contributed by atoms with Gasteiger partial charge >= 0.3 is 18.0 Å². The van der Waals surface area contributed by atoms with E-state index in [1.807, 2.05) is 13.8 Å². The van der Waals surface area contributed by atoms with Crippen molar-refractivity contribution < 1.29 is 67.9 Å². The van der Waals surface area contributed by atoms with Gasteiger partial charge < -0.3 is 56.1 Å². The van der Waals surface area contributed by atoms with E-state index in [0.29, 0.717) is 88.7 Å². The van der Waals surface area contributed by atoms with Crippen molar-refractivity contribution in [1.82, 2.24) is 61.5 Å². The molecule has 1 aromatic carbocycles. The second-order valence-electron chi connectivity index (χ2n) is 21.9. The molecule has 33 heteroatoms. The van der Waals surface area contributed by atoms with Crippen LogP contribution >= 0.6 is 68.0 Å². The molecule has 1 aliphatic carbocycles. The Morgan fingerprint density at radius 2 is 1.40 bits per heavy atom. The molecule has 5 atom stereocenters. The molecule has 93 heavy (non-hydrogen) atoms. The number of pyridine rings is 1. The van der Waals surface area contributed by atoms with Crippen LogP contribution in [0, 0.1) is 18.8 Å². The lowest BCUT2D eigenvalue weighted by Gasteiger charge is -2.29. The van der Waals surface area contributed by atoms with Gasteiger partial charge in [-0.15, -0.1) is 68.0 Å². The second-order valence-corrected chi connectivity index (χ2v) is 27.7. The lowest BCUT2D eigenvalue weighted by atomic mass is 9.87. The normalized spacial score (nSPS) is 18.7. The van der Waals surface area contributed by atoms with Gasteiger partial charge in [-0.25, -0.2) is 39.7 Å². The van der Waals surface area contributed by atoms with Gasteiger partial charge in [-0.1, -0.05) is 44.2 Å². The van der Waals surface area contributed by atoms with E-state index in [1.165, 1.54) is 37.5 Å². The fourth-order valence-electron chi connectivity index (χ4n) is 10.2. The SMILES string of the molecule is CNC(=O)C[C@@H]1NC(=O)c2csc(n2)-c2ccc(-c3nc(N(CC(CC(=O)O)OC)C(=O)OC4CCC(C(=O)O)CC4)cs3)nc2-c2csc(n2)-c2csc(n2)[C@H]([C@@H](O)c2ccccc2)NC(=O)CNC(=O)c2nc(sc2COC)C(C(C)C)NC(=O)c2nc1sc2C. The topological polar surface area (TPSA) is 379 Å². The third-order valence-electron chi connectivity index (χ3n) is 15.1. The van der Waals surface area contributed by atoms with E-state index >= 15 is 0 Å². The van der Waals surface area contributed by atoms with Crippen LogP contribution in [-0.4, -0.2) is 144 Å². The number of thiazole rings is 6. The first-order valence-electron chi connectivity index (χ1n) is 29.1. The molecule has 0 saturated heterocycles. The first kappa shape index (κ1) is 67.5. The maximum Gasteiger partial charge on any atom is 0.415 e. The molecular weight excluding hydrogens is 1320 g/mol. The number of aliphatic hydroxyl groups is 1. The van der Waals surface area contributed by atoms with Gasteiger partial charge in [0, 0.05) is 53.2 Å². The Balaban J connectivity index is 1.05. The highest BCUT2D eigenvalue weighted by Crippen LogP contribution is 2.41. The van der Waals surface area contributed by atoms with Crippen molar-refractivity contribution in [3.8, 4) is 43.4 Å². The zero-order valence-electron chi connectivity index (χ0n) is 50.7. The van der Waals surface area contributed by atoms with Gasteiger partial charge in [-0.3, -0.25) is 38.5 Å². The number of aryl methyl sites for hydroxylation is 1. The number of benzene rings is 1. The molecular formula is C60H63N13O14S6. The predicted molar refractivity (Wildman–Crippen MR) is 347 cm³/mol. The van der Waals surface area contributed by atoms with Crippen molar-refractivity contribution in [2.24, 2.45) is 11.8 Å². The van der Waals surface area contributed by atoms with Crippen LogP contribution in [0.1, 0.15) is 138 Å². The lowest BCUT2D eigenvalue weighted by molar-refractivity contribution is -0.143. The summed E-state index contributed by atoms with van der Waals surface area (Å²) in [5.41, 5.74) is 2.18. The Hall–Kier alpha value is -8.41. The minimum Gasteiger partial charge on any atom is -0.481 e. The van der Waals surface area contributed by atoms with Crippen LogP contribution < -0.4 is 31.5 Å². The van der Waals surface area contributed by atoms with Gasteiger partial charge in [0.15, 0.2) is 0 Å². The summed E-state index contributed by atoms with van der Waals surface area (Å²) in [6, 6.07) is 9.16. The molecule has 7 aromatic heterocycles. The van der Waals surface area contributed by atoms with Crippen molar-refractivity contribution >= 4 is 121 Å². The molecule has 10 rings (SSSR count).